The molecule has 2 aromatic heterocycles. The second-order valence-corrected chi connectivity index (χ2v) is 11.8. The summed E-state index contributed by atoms with van der Waals surface area (Å²) in [6.07, 6.45) is 0.167. The van der Waals surface area contributed by atoms with E-state index >= 15 is 0 Å². The number of nitrogens with one attached hydrogen (secondary N) is 1. The lowest BCUT2D eigenvalue weighted by molar-refractivity contribution is -0.150. The van der Waals surface area contributed by atoms with Crippen molar-refractivity contribution >= 4 is 68.6 Å². The first-order chi connectivity index (χ1) is 15.7. The Morgan fingerprint density at radius 1 is 1.30 bits per heavy atom. The van der Waals surface area contributed by atoms with Crippen LogP contribution in [0.5, 0.6) is 0 Å². The molecule has 2 unspecified atom stereocenters. The molecule has 2 N–H and O–H groups in total. The molecule has 176 valence electrons. The third kappa shape index (κ3) is 4.84. The SMILES string of the molecule is Cc1nnc(SCC2=C(C(=O)O)N3C(=O)C(NC(=O)CCn4nc(C)c(Br)c4C)C3SC2)s1. The Bertz CT molecular complexity index is 1160. The van der Waals surface area contributed by atoms with E-state index in [2.05, 4.69) is 36.5 Å². The summed E-state index contributed by atoms with van der Waals surface area (Å²) >= 11 is 7.77. The molecule has 10 nitrogen and oxygen atoms in total. The fourth-order valence-electron chi connectivity index (χ4n) is 3.63. The predicted molar refractivity (Wildman–Crippen MR) is 129 cm³/mol. The van der Waals surface area contributed by atoms with Gasteiger partial charge in [0.25, 0.3) is 5.91 Å². The number of carboxylic acids is 1. The summed E-state index contributed by atoms with van der Waals surface area (Å²) in [5.74, 6) is -0.938. The molecule has 14 heteroatoms. The van der Waals surface area contributed by atoms with Crippen molar-refractivity contribution in [2.45, 2.75) is 49.5 Å². The first kappa shape index (κ1) is 24.2. The van der Waals surface area contributed by atoms with Crippen LogP contribution in [0.2, 0.25) is 0 Å². The van der Waals surface area contributed by atoms with Gasteiger partial charge in [0.05, 0.1) is 16.7 Å². The zero-order chi connectivity index (χ0) is 23.9. The summed E-state index contributed by atoms with van der Waals surface area (Å²) in [4.78, 5) is 38.6. The highest BCUT2D eigenvalue weighted by molar-refractivity contribution is 9.10. The number of carbonyl (C=O) groups is 3. The van der Waals surface area contributed by atoms with Crippen molar-refractivity contribution < 1.29 is 19.5 Å². The summed E-state index contributed by atoms with van der Waals surface area (Å²) in [5.41, 5.74) is 2.45. The number of fused-ring (bicyclic) bond motifs is 1. The number of nitrogens with zero attached hydrogens (tertiary/aromatic N) is 5. The van der Waals surface area contributed by atoms with Crippen LogP contribution in [0.15, 0.2) is 20.1 Å². The highest BCUT2D eigenvalue weighted by Gasteiger charge is 2.54. The second kappa shape index (κ2) is 9.76. The number of aliphatic carboxylic acids is 1. The van der Waals surface area contributed by atoms with Gasteiger partial charge in [0.1, 0.15) is 22.1 Å². The maximum Gasteiger partial charge on any atom is 0.352 e. The average molecular weight is 574 g/mol. The fourth-order valence-corrected chi connectivity index (χ4v) is 7.21. The largest absolute Gasteiger partial charge is 0.477 e. The molecule has 2 aromatic rings. The molecule has 1 fully saturated rings. The molecule has 0 saturated carbocycles. The van der Waals surface area contributed by atoms with Gasteiger partial charge in [-0.2, -0.15) is 5.10 Å². The molecule has 2 atom stereocenters. The van der Waals surface area contributed by atoms with E-state index in [9.17, 15) is 19.5 Å². The molecule has 2 aliphatic rings. The van der Waals surface area contributed by atoms with Crippen LogP contribution < -0.4 is 5.32 Å². The van der Waals surface area contributed by atoms with Gasteiger partial charge in [0, 0.05) is 23.6 Å². The number of rotatable bonds is 8. The lowest BCUT2D eigenvalue weighted by atomic mass is 10.0. The monoisotopic (exact) mass is 572 g/mol. The molecular weight excluding hydrogens is 552 g/mol. The van der Waals surface area contributed by atoms with Gasteiger partial charge in [0.2, 0.25) is 5.91 Å². The quantitative estimate of drug-likeness (QED) is 0.361. The number of aryl methyl sites for hydroxylation is 3. The predicted octanol–water partition coefficient (Wildman–Crippen LogP) is 2.34. The Labute approximate surface area is 210 Å². The van der Waals surface area contributed by atoms with Crippen LogP contribution >= 0.6 is 50.8 Å². The minimum absolute atomic E-state index is 0.00970. The maximum absolute atomic E-state index is 12.8. The first-order valence-electron chi connectivity index (χ1n) is 9.99. The van der Waals surface area contributed by atoms with Crippen molar-refractivity contribution in [3.63, 3.8) is 0 Å². The van der Waals surface area contributed by atoms with E-state index in [1.807, 2.05) is 20.8 Å². The molecule has 0 aromatic carbocycles. The zero-order valence-electron chi connectivity index (χ0n) is 18.0. The van der Waals surface area contributed by atoms with E-state index in [-0.39, 0.29) is 18.0 Å². The van der Waals surface area contributed by atoms with E-state index in [1.165, 1.54) is 39.8 Å². The Hall–Kier alpha value is -1.90. The normalized spacial score (nSPS) is 20.0. The smallest absolute Gasteiger partial charge is 0.352 e. The van der Waals surface area contributed by atoms with Crippen LogP contribution in [-0.4, -0.2) is 70.7 Å². The van der Waals surface area contributed by atoms with Gasteiger partial charge in [0.15, 0.2) is 4.34 Å². The van der Waals surface area contributed by atoms with Crippen molar-refractivity contribution in [1.29, 1.82) is 0 Å². The Morgan fingerprint density at radius 2 is 2.06 bits per heavy atom. The lowest BCUT2D eigenvalue weighted by Gasteiger charge is -2.49. The Kier molecular flexibility index (Phi) is 7.17. The summed E-state index contributed by atoms with van der Waals surface area (Å²) in [6, 6.07) is -0.732. The summed E-state index contributed by atoms with van der Waals surface area (Å²) in [5, 5.41) is 25.4. The van der Waals surface area contributed by atoms with Gasteiger partial charge in [-0.1, -0.05) is 23.1 Å². The molecule has 33 heavy (non-hydrogen) atoms. The van der Waals surface area contributed by atoms with Crippen LogP contribution in [0.4, 0.5) is 0 Å². The van der Waals surface area contributed by atoms with Gasteiger partial charge in [-0.3, -0.25) is 19.2 Å². The van der Waals surface area contributed by atoms with E-state index < -0.39 is 23.3 Å². The van der Waals surface area contributed by atoms with Crippen LogP contribution in [-0.2, 0) is 20.9 Å². The van der Waals surface area contributed by atoms with Gasteiger partial charge in [-0.05, 0) is 42.3 Å². The molecule has 4 rings (SSSR count). The number of thioether (sulfide) groups is 2. The number of hydrogen-bond donors (Lipinski definition) is 2. The van der Waals surface area contributed by atoms with E-state index in [0.717, 1.165) is 25.2 Å². The number of carbonyl (C=O) groups excluding carboxylic acids is 2. The van der Waals surface area contributed by atoms with Gasteiger partial charge in [-0.25, -0.2) is 4.79 Å². The molecule has 2 aliphatic heterocycles. The van der Waals surface area contributed by atoms with Crippen LogP contribution in [0.25, 0.3) is 0 Å². The van der Waals surface area contributed by atoms with Crippen molar-refractivity contribution in [2.75, 3.05) is 11.5 Å². The highest BCUT2D eigenvalue weighted by atomic mass is 79.9. The Balaban J connectivity index is 1.38. The fraction of sp³-hybridized carbons (Fsp3) is 0.474. The topological polar surface area (TPSA) is 130 Å². The standard InChI is InChI=1S/C19H21BrN6O4S3/c1-8-13(20)9(2)25(24-8)5-4-12(27)21-14-16(28)26-15(18(29)30)11(6-31-17(14)26)7-32-19-23-22-10(3)33-19/h14,17H,4-7H2,1-3H3,(H,21,27)(H,29,30). The average Bonchev–Trinajstić information content (AvgIpc) is 3.31. The zero-order valence-corrected chi connectivity index (χ0v) is 22.0. The molecule has 2 amide bonds. The first-order valence-corrected chi connectivity index (χ1v) is 13.6. The number of carboxylic acid groups (broad SMARTS) is 1. The lowest BCUT2D eigenvalue weighted by Crippen LogP contribution is -2.70. The van der Waals surface area contributed by atoms with Crippen molar-refractivity contribution in [1.82, 2.24) is 30.2 Å². The number of amides is 2. The van der Waals surface area contributed by atoms with E-state index in [1.54, 1.807) is 4.68 Å². The molecule has 0 aliphatic carbocycles. The third-order valence-corrected chi connectivity index (χ3v) is 9.83. The molecule has 0 radical (unpaired) electrons. The van der Waals surface area contributed by atoms with Crippen molar-refractivity contribution in [3.8, 4) is 0 Å². The molecule has 1 saturated heterocycles. The van der Waals surface area contributed by atoms with Gasteiger partial charge in [-0.15, -0.1) is 22.0 Å². The van der Waals surface area contributed by atoms with Crippen molar-refractivity contribution in [3.05, 3.63) is 32.1 Å². The second-order valence-electron chi connectivity index (χ2n) is 7.55. The van der Waals surface area contributed by atoms with Crippen LogP contribution in [0, 0.1) is 20.8 Å². The highest BCUT2D eigenvalue weighted by Crippen LogP contribution is 2.41. The number of halogens is 1. The van der Waals surface area contributed by atoms with E-state index in [4.69, 9.17) is 0 Å². The minimum atomic E-state index is -1.14. The molecule has 0 bridgehead atoms. The summed E-state index contributed by atoms with van der Waals surface area (Å²) in [6.45, 7) is 6.04. The Morgan fingerprint density at radius 3 is 2.67 bits per heavy atom. The number of β-lactam (4-membered cyclic amide) rings is 1. The van der Waals surface area contributed by atoms with Crippen LogP contribution in [0.3, 0.4) is 0 Å². The van der Waals surface area contributed by atoms with Gasteiger partial charge >= 0.3 is 5.97 Å². The van der Waals surface area contributed by atoms with Gasteiger partial charge < -0.3 is 10.4 Å². The molecular formula is C19H21BrN6O4S3. The van der Waals surface area contributed by atoms with E-state index in [0.29, 0.717) is 23.6 Å². The summed E-state index contributed by atoms with van der Waals surface area (Å²) < 4.78 is 3.42. The molecule has 0 spiro atoms. The number of hydrogen-bond acceptors (Lipinski definition) is 9. The molecule has 4 heterocycles. The van der Waals surface area contributed by atoms with Crippen LogP contribution in [0.1, 0.15) is 22.8 Å². The maximum atomic E-state index is 12.8. The van der Waals surface area contributed by atoms with Crippen molar-refractivity contribution in [2.24, 2.45) is 0 Å². The minimum Gasteiger partial charge on any atom is -0.477 e. The summed E-state index contributed by atoms with van der Waals surface area (Å²) in [7, 11) is 0. The number of aromatic nitrogens is 4. The third-order valence-electron chi connectivity index (χ3n) is 5.29.